The number of aliphatic imine (C=N–C) groups is 2. The third-order valence-electron chi connectivity index (χ3n) is 2.67. The van der Waals surface area contributed by atoms with Gasteiger partial charge in [-0.25, -0.2) is 0 Å². The van der Waals surface area contributed by atoms with Gasteiger partial charge in [-0.05, 0) is 33.5 Å². The molecule has 3 rings (SSSR count). The fraction of sp³-hybridized carbons (Fsp3) is 0.0833. The predicted molar refractivity (Wildman–Crippen MR) is 75.2 cm³/mol. The molecule has 1 aromatic rings. The summed E-state index contributed by atoms with van der Waals surface area (Å²) in [5.74, 6) is 1.78. The minimum atomic E-state index is -0.234. The molecule has 0 saturated carbocycles. The van der Waals surface area contributed by atoms with Gasteiger partial charge in [0.1, 0.15) is 12.0 Å². The van der Waals surface area contributed by atoms with Crippen LogP contribution in [0.2, 0.25) is 0 Å². The number of methoxy groups -OCH3 is 1. The molecule has 0 radical (unpaired) electrons. The van der Waals surface area contributed by atoms with Gasteiger partial charge >= 0.3 is 0 Å². The summed E-state index contributed by atoms with van der Waals surface area (Å²) in [5.41, 5.74) is 0.855. The number of fused-ring (bicyclic) bond motifs is 1. The number of anilines is 1. The number of hydrogen-bond donors (Lipinski definition) is 1. The molecule has 1 N–H and O–H groups in total. The van der Waals surface area contributed by atoms with E-state index in [1.807, 2.05) is 24.3 Å². The summed E-state index contributed by atoms with van der Waals surface area (Å²) in [6, 6.07) is 7.46. The van der Waals surface area contributed by atoms with Crippen LogP contribution in [0.3, 0.4) is 0 Å². The highest BCUT2D eigenvalue weighted by Gasteiger charge is 2.39. The Hall–Kier alpha value is -2.18. The first-order valence-electron chi connectivity index (χ1n) is 5.59. The van der Waals surface area contributed by atoms with Gasteiger partial charge in [0.05, 0.1) is 13.3 Å². The number of nitrogens with one attached hydrogen (secondary N) is 1. The summed E-state index contributed by atoms with van der Waals surface area (Å²) in [4.78, 5) is 8.26. The summed E-state index contributed by atoms with van der Waals surface area (Å²) >= 11 is 6.26. The Morgan fingerprint density at radius 3 is 2.74 bits per heavy atom. The standard InChI is InChI=1S/C12H11ClN5O/c1-19-10-4-2-9(3-5-10)15-12-16-11-8-14-6-7-18(11,13)17-12/h2-8H,1H3,(H,15,17)/q+1. The minimum absolute atomic E-state index is 0.234. The number of quaternary nitrogens is 1. The van der Waals surface area contributed by atoms with Crippen LogP contribution in [0.1, 0.15) is 0 Å². The topological polar surface area (TPSA) is 58.3 Å². The molecular weight excluding hydrogens is 266 g/mol. The molecule has 2 heterocycles. The van der Waals surface area contributed by atoms with Crippen molar-refractivity contribution in [3.05, 3.63) is 36.7 Å². The van der Waals surface area contributed by atoms with Gasteiger partial charge in [0.15, 0.2) is 6.20 Å². The molecule has 0 bridgehead atoms. The van der Waals surface area contributed by atoms with Crippen molar-refractivity contribution in [2.75, 3.05) is 12.4 Å². The maximum Gasteiger partial charge on any atom is 0.300 e. The second-order valence-corrected chi connectivity index (χ2v) is 4.44. The average Bonchev–Trinajstić information content (AvgIpc) is 2.75. The van der Waals surface area contributed by atoms with E-state index in [0.717, 1.165) is 11.4 Å². The first kappa shape index (κ1) is 11.9. The summed E-state index contributed by atoms with van der Waals surface area (Å²) in [6.07, 6.45) is 4.81. The maximum absolute atomic E-state index is 6.26. The SMILES string of the molecule is COc1ccc(NC2=N[N+]3(Cl)C=CN=CC3=N2)cc1. The van der Waals surface area contributed by atoms with Crippen LogP contribution >= 0.6 is 11.8 Å². The Morgan fingerprint density at radius 1 is 1.26 bits per heavy atom. The Bertz CT molecular complexity index is 620. The van der Waals surface area contributed by atoms with Gasteiger partial charge in [-0.15, -0.1) is 4.99 Å². The van der Waals surface area contributed by atoms with Crippen LogP contribution in [0.5, 0.6) is 5.75 Å². The van der Waals surface area contributed by atoms with E-state index in [0.29, 0.717) is 11.8 Å². The van der Waals surface area contributed by atoms with Gasteiger partial charge in [-0.2, -0.15) is 0 Å². The zero-order valence-corrected chi connectivity index (χ0v) is 10.9. The molecular formula is C12H11ClN5O+. The monoisotopic (exact) mass is 276 g/mol. The Morgan fingerprint density at radius 2 is 2.05 bits per heavy atom. The smallest absolute Gasteiger partial charge is 0.300 e. The van der Waals surface area contributed by atoms with E-state index < -0.39 is 0 Å². The quantitative estimate of drug-likeness (QED) is 0.843. The van der Waals surface area contributed by atoms with Crippen molar-refractivity contribution in [2.45, 2.75) is 0 Å². The zero-order chi connectivity index (χ0) is 13.3. The second-order valence-electron chi connectivity index (χ2n) is 3.93. The van der Waals surface area contributed by atoms with Crippen LogP contribution in [-0.4, -0.2) is 29.2 Å². The number of rotatable bonds is 2. The first-order valence-corrected chi connectivity index (χ1v) is 5.93. The van der Waals surface area contributed by atoms with E-state index in [-0.39, 0.29) is 4.11 Å². The zero-order valence-electron chi connectivity index (χ0n) is 10.1. The summed E-state index contributed by atoms with van der Waals surface area (Å²) in [7, 11) is 1.63. The van der Waals surface area contributed by atoms with Crippen LogP contribution in [0.4, 0.5) is 5.69 Å². The van der Waals surface area contributed by atoms with Crippen molar-refractivity contribution >= 4 is 35.5 Å². The summed E-state index contributed by atoms with van der Waals surface area (Å²) < 4.78 is 4.86. The Balaban J connectivity index is 1.81. The molecule has 0 amide bonds. The van der Waals surface area contributed by atoms with Crippen LogP contribution in [-0.2, 0) is 0 Å². The number of amidine groups is 1. The number of nitrogens with zero attached hydrogens (tertiary/aromatic N) is 4. The van der Waals surface area contributed by atoms with Crippen molar-refractivity contribution in [1.82, 2.24) is 0 Å². The average molecular weight is 277 g/mol. The fourth-order valence-electron chi connectivity index (χ4n) is 1.70. The normalized spacial score (nSPS) is 23.7. The molecule has 1 aromatic carbocycles. The summed E-state index contributed by atoms with van der Waals surface area (Å²) in [6.45, 7) is 0. The van der Waals surface area contributed by atoms with E-state index in [4.69, 9.17) is 16.5 Å². The second kappa shape index (κ2) is 4.49. The van der Waals surface area contributed by atoms with E-state index in [1.165, 1.54) is 0 Å². The number of guanidine groups is 1. The van der Waals surface area contributed by atoms with E-state index in [1.54, 1.807) is 25.7 Å². The number of hydrogen-bond acceptors (Lipinski definition) is 5. The van der Waals surface area contributed by atoms with Gasteiger partial charge in [-0.3, -0.25) is 4.99 Å². The minimum Gasteiger partial charge on any atom is -0.497 e. The van der Waals surface area contributed by atoms with E-state index >= 15 is 0 Å². The highest BCUT2D eigenvalue weighted by Crippen LogP contribution is 2.25. The van der Waals surface area contributed by atoms with Crippen LogP contribution in [0, 0.1) is 0 Å². The number of benzene rings is 1. The molecule has 0 aromatic heterocycles. The maximum atomic E-state index is 6.26. The van der Waals surface area contributed by atoms with Crippen LogP contribution < -0.4 is 10.1 Å². The lowest BCUT2D eigenvalue weighted by Gasteiger charge is -2.12. The highest BCUT2D eigenvalue weighted by atomic mass is 35.5. The van der Waals surface area contributed by atoms with Gasteiger partial charge in [0, 0.05) is 5.69 Å². The molecule has 0 fully saturated rings. The van der Waals surface area contributed by atoms with E-state index in [9.17, 15) is 0 Å². The van der Waals surface area contributed by atoms with E-state index in [2.05, 4.69) is 20.4 Å². The number of ether oxygens (including phenoxy) is 1. The molecule has 0 aliphatic carbocycles. The first-order chi connectivity index (χ1) is 9.19. The van der Waals surface area contributed by atoms with Gasteiger partial charge < -0.3 is 10.1 Å². The third-order valence-corrected chi connectivity index (χ3v) is 3.03. The van der Waals surface area contributed by atoms with Crippen molar-refractivity contribution in [3.8, 4) is 5.75 Å². The van der Waals surface area contributed by atoms with Gasteiger partial charge in [-0.1, -0.05) is 0 Å². The van der Waals surface area contributed by atoms with Gasteiger partial charge in [0.2, 0.25) is 11.8 Å². The lowest BCUT2D eigenvalue weighted by Crippen LogP contribution is -2.33. The Labute approximate surface area is 115 Å². The highest BCUT2D eigenvalue weighted by molar-refractivity contribution is 6.36. The van der Waals surface area contributed by atoms with Crippen LogP contribution in [0.25, 0.3) is 0 Å². The Kier molecular flexibility index (Phi) is 2.81. The van der Waals surface area contributed by atoms with Crippen molar-refractivity contribution in [2.24, 2.45) is 15.1 Å². The molecule has 1 unspecified atom stereocenters. The van der Waals surface area contributed by atoms with Crippen molar-refractivity contribution < 1.29 is 8.85 Å². The fourth-order valence-corrected chi connectivity index (χ4v) is 1.91. The number of halogens is 1. The molecule has 19 heavy (non-hydrogen) atoms. The van der Waals surface area contributed by atoms with Gasteiger partial charge in [0.25, 0.3) is 11.8 Å². The lowest BCUT2D eigenvalue weighted by atomic mass is 10.3. The third kappa shape index (κ3) is 2.23. The summed E-state index contributed by atoms with van der Waals surface area (Å²) in [5, 5.41) is 7.36. The molecule has 1 atom stereocenters. The van der Waals surface area contributed by atoms with Crippen LogP contribution in [0.15, 0.2) is 51.8 Å². The molecule has 96 valence electrons. The predicted octanol–water partition coefficient (Wildman–Crippen LogP) is 2.32. The molecule has 2 aliphatic rings. The molecule has 0 saturated heterocycles. The van der Waals surface area contributed by atoms with Crippen molar-refractivity contribution in [3.63, 3.8) is 0 Å². The molecule has 0 spiro atoms. The lowest BCUT2D eigenvalue weighted by molar-refractivity contribution is -0.659. The molecule has 6 nitrogen and oxygen atoms in total. The van der Waals surface area contributed by atoms with Crippen molar-refractivity contribution in [1.29, 1.82) is 0 Å². The molecule has 7 heteroatoms. The largest absolute Gasteiger partial charge is 0.497 e. The molecule has 2 aliphatic heterocycles.